The first kappa shape index (κ1) is 11.7. The molecular formula is C15H12O4. The highest BCUT2D eigenvalue weighted by molar-refractivity contribution is 6.26. The van der Waals surface area contributed by atoms with Crippen molar-refractivity contribution in [2.75, 3.05) is 6.61 Å². The van der Waals surface area contributed by atoms with E-state index in [2.05, 4.69) is 0 Å². The second-order valence-corrected chi connectivity index (χ2v) is 4.51. The third kappa shape index (κ3) is 1.85. The number of fused-ring (bicyclic) bond motifs is 1. The van der Waals surface area contributed by atoms with Crippen LogP contribution in [0.1, 0.15) is 33.6 Å². The highest BCUT2D eigenvalue weighted by atomic mass is 16.5. The van der Waals surface area contributed by atoms with Crippen LogP contribution >= 0.6 is 0 Å². The zero-order chi connectivity index (χ0) is 13.4. The van der Waals surface area contributed by atoms with Crippen LogP contribution in [0.2, 0.25) is 0 Å². The molecule has 0 spiro atoms. The largest absolute Gasteiger partial charge is 0.507 e. The Morgan fingerprint density at radius 2 is 2.05 bits per heavy atom. The monoisotopic (exact) mass is 256 g/mol. The summed E-state index contributed by atoms with van der Waals surface area (Å²) < 4.78 is 5.44. The molecule has 96 valence electrons. The summed E-state index contributed by atoms with van der Waals surface area (Å²) in [6.07, 6.45) is 4.83. The lowest BCUT2D eigenvalue weighted by Gasteiger charge is -2.20. The van der Waals surface area contributed by atoms with Gasteiger partial charge in [-0.05, 0) is 25.0 Å². The number of ketones is 2. The third-order valence-electron chi connectivity index (χ3n) is 3.25. The number of hydrogen-bond acceptors (Lipinski definition) is 4. The first-order chi connectivity index (χ1) is 9.18. The van der Waals surface area contributed by atoms with E-state index in [1.165, 1.54) is 12.1 Å². The summed E-state index contributed by atoms with van der Waals surface area (Å²) >= 11 is 0. The van der Waals surface area contributed by atoms with Crippen molar-refractivity contribution < 1.29 is 19.4 Å². The number of rotatable bonds is 1. The predicted octanol–water partition coefficient (Wildman–Crippen LogP) is 2.39. The molecule has 0 radical (unpaired) electrons. The fourth-order valence-electron chi connectivity index (χ4n) is 2.33. The molecule has 3 rings (SSSR count). The van der Waals surface area contributed by atoms with E-state index in [1.54, 1.807) is 12.1 Å². The number of allylic oxidation sites excluding steroid dienone is 3. The highest BCUT2D eigenvalue weighted by Gasteiger charge is 2.30. The van der Waals surface area contributed by atoms with Crippen LogP contribution in [-0.2, 0) is 4.74 Å². The van der Waals surface area contributed by atoms with Crippen LogP contribution in [0.3, 0.4) is 0 Å². The Bertz CT molecular complexity index is 638. The van der Waals surface area contributed by atoms with E-state index in [-0.39, 0.29) is 34.0 Å². The molecule has 0 atom stereocenters. The average molecular weight is 256 g/mol. The first-order valence-electron chi connectivity index (χ1n) is 6.14. The molecule has 1 N–H and O–H groups in total. The Morgan fingerprint density at radius 3 is 2.79 bits per heavy atom. The highest BCUT2D eigenvalue weighted by Crippen LogP contribution is 2.32. The molecule has 19 heavy (non-hydrogen) atoms. The van der Waals surface area contributed by atoms with E-state index < -0.39 is 0 Å². The molecule has 1 aliphatic carbocycles. The maximum Gasteiger partial charge on any atom is 0.197 e. The standard InChI is InChI=1S/C15H12O4/c16-11-5-3-4-9-14(11)12(17)8-10(15(9)18)13-6-1-2-7-19-13/h3-6,8,16H,1-2,7H2. The number of aromatic hydroxyl groups is 1. The van der Waals surface area contributed by atoms with Gasteiger partial charge < -0.3 is 9.84 Å². The normalized spacial score (nSPS) is 18.3. The molecule has 0 bridgehead atoms. The molecule has 0 unspecified atom stereocenters. The first-order valence-corrected chi connectivity index (χ1v) is 6.14. The van der Waals surface area contributed by atoms with Gasteiger partial charge in [0.1, 0.15) is 11.5 Å². The van der Waals surface area contributed by atoms with E-state index in [0.29, 0.717) is 12.4 Å². The number of benzene rings is 1. The number of carbonyl (C=O) groups excluding carboxylic acids is 2. The summed E-state index contributed by atoms with van der Waals surface area (Å²) in [5, 5.41) is 9.69. The fourth-order valence-corrected chi connectivity index (χ4v) is 2.33. The molecule has 1 aliphatic heterocycles. The summed E-state index contributed by atoms with van der Waals surface area (Å²) in [4.78, 5) is 24.4. The number of ether oxygens (including phenoxy) is 1. The topological polar surface area (TPSA) is 63.6 Å². The third-order valence-corrected chi connectivity index (χ3v) is 3.25. The van der Waals surface area contributed by atoms with Gasteiger partial charge in [-0.3, -0.25) is 9.59 Å². The molecule has 4 nitrogen and oxygen atoms in total. The number of phenols is 1. The van der Waals surface area contributed by atoms with Crippen molar-refractivity contribution in [1.82, 2.24) is 0 Å². The van der Waals surface area contributed by atoms with E-state index >= 15 is 0 Å². The molecule has 4 heteroatoms. The number of hydrogen-bond donors (Lipinski definition) is 1. The second-order valence-electron chi connectivity index (χ2n) is 4.51. The van der Waals surface area contributed by atoms with Gasteiger partial charge in [-0.25, -0.2) is 0 Å². The van der Waals surface area contributed by atoms with Crippen molar-refractivity contribution >= 4 is 11.6 Å². The van der Waals surface area contributed by atoms with E-state index in [1.807, 2.05) is 6.08 Å². The van der Waals surface area contributed by atoms with E-state index in [9.17, 15) is 14.7 Å². The predicted molar refractivity (Wildman–Crippen MR) is 68.1 cm³/mol. The molecule has 1 heterocycles. The lowest BCUT2D eigenvalue weighted by Crippen LogP contribution is -2.20. The van der Waals surface area contributed by atoms with Gasteiger partial charge >= 0.3 is 0 Å². The molecular weight excluding hydrogens is 244 g/mol. The molecule has 1 aromatic carbocycles. The van der Waals surface area contributed by atoms with Crippen molar-refractivity contribution in [3.05, 3.63) is 52.8 Å². The van der Waals surface area contributed by atoms with Gasteiger partial charge in [-0.2, -0.15) is 0 Å². The summed E-state index contributed by atoms with van der Waals surface area (Å²) in [6.45, 7) is 0.553. The van der Waals surface area contributed by atoms with Gasteiger partial charge in [-0.15, -0.1) is 0 Å². The van der Waals surface area contributed by atoms with Crippen LogP contribution < -0.4 is 0 Å². The van der Waals surface area contributed by atoms with Crippen molar-refractivity contribution in [1.29, 1.82) is 0 Å². The molecule has 0 amide bonds. The van der Waals surface area contributed by atoms with Gasteiger partial charge in [0.2, 0.25) is 0 Å². The smallest absolute Gasteiger partial charge is 0.197 e. The lowest BCUT2D eigenvalue weighted by atomic mass is 9.87. The average Bonchev–Trinajstić information content (AvgIpc) is 2.43. The molecule has 0 aromatic heterocycles. The van der Waals surface area contributed by atoms with Crippen LogP contribution in [0.15, 0.2) is 41.7 Å². The Labute approximate surface area is 110 Å². The van der Waals surface area contributed by atoms with Crippen LogP contribution in [0, 0.1) is 0 Å². The molecule has 0 saturated heterocycles. The second kappa shape index (κ2) is 4.39. The van der Waals surface area contributed by atoms with Gasteiger partial charge in [-0.1, -0.05) is 12.1 Å². The van der Waals surface area contributed by atoms with Gasteiger partial charge in [0, 0.05) is 11.6 Å². The minimum absolute atomic E-state index is 0.0765. The minimum atomic E-state index is -0.363. The zero-order valence-electron chi connectivity index (χ0n) is 10.2. The quantitative estimate of drug-likeness (QED) is 0.838. The van der Waals surface area contributed by atoms with Crippen molar-refractivity contribution in [2.45, 2.75) is 12.8 Å². The number of Topliss-reactive ketones (excluding diaryl/α,β-unsaturated/α-hetero) is 1. The zero-order valence-corrected chi connectivity index (χ0v) is 10.2. The van der Waals surface area contributed by atoms with Gasteiger partial charge in [0.05, 0.1) is 17.7 Å². The number of phenolic OH excluding ortho intramolecular Hbond substituents is 1. The molecule has 1 aromatic rings. The van der Waals surface area contributed by atoms with Crippen LogP contribution in [0.4, 0.5) is 0 Å². The summed E-state index contributed by atoms with van der Waals surface area (Å²) in [6, 6.07) is 4.50. The van der Waals surface area contributed by atoms with E-state index in [4.69, 9.17) is 4.74 Å². The van der Waals surface area contributed by atoms with E-state index in [0.717, 1.165) is 12.8 Å². The fraction of sp³-hybridized carbons (Fsp3) is 0.200. The van der Waals surface area contributed by atoms with Crippen LogP contribution in [-0.4, -0.2) is 23.3 Å². The molecule has 0 saturated carbocycles. The maximum absolute atomic E-state index is 12.4. The lowest BCUT2D eigenvalue weighted by molar-refractivity contribution is 0.0969. The summed E-state index contributed by atoms with van der Waals surface area (Å²) in [7, 11) is 0. The van der Waals surface area contributed by atoms with Crippen LogP contribution in [0.25, 0.3) is 0 Å². The maximum atomic E-state index is 12.4. The van der Waals surface area contributed by atoms with Crippen molar-refractivity contribution in [3.8, 4) is 5.75 Å². The Kier molecular flexibility index (Phi) is 2.71. The molecule has 2 aliphatic rings. The number of carbonyl (C=O) groups is 2. The minimum Gasteiger partial charge on any atom is -0.507 e. The Morgan fingerprint density at radius 1 is 1.21 bits per heavy atom. The SMILES string of the molecule is O=C1C(C2=CCCCO2)=CC(=O)c2c(O)cccc21. The van der Waals surface area contributed by atoms with Gasteiger partial charge in [0.15, 0.2) is 11.6 Å². The van der Waals surface area contributed by atoms with Crippen molar-refractivity contribution in [2.24, 2.45) is 0 Å². The summed E-state index contributed by atoms with van der Waals surface area (Å²) in [5.41, 5.74) is 0.591. The Hall–Kier alpha value is -2.36. The molecule has 0 fully saturated rings. The summed E-state index contributed by atoms with van der Waals surface area (Å²) in [5.74, 6) is -0.334. The van der Waals surface area contributed by atoms with Crippen molar-refractivity contribution in [3.63, 3.8) is 0 Å². The van der Waals surface area contributed by atoms with Gasteiger partial charge in [0.25, 0.3) is 0 Å². The van der Waals surface area contributed by atoms with Crippen LogP contribution in [0.5, 0.6) is 5.75 Å². The Balaban J connectivity index is 2.10.